The minimum atomic E-state index is -0.110. The molecule has 35 heavy (non-hydrogen) atoms. The van der Waals surface area contributed by atoms with E-state index in [1.807, 2.05) is 36.1 Å². The van der Waals surface area contributed by atoms with Gasteiger partial charge in [0.15, 0.2) is 0 Å². The van der Waals surface area contributed by atoms with Gasteiger partial charge in [-0.2, -0.15) is 0 Å². The normalized spacial score (nSPS) is 23.8. The van der Waals surface area contributed by atoms with Gasteiger partial charge in [0.1, 0.15) is 0 Å². The first-order valence-corrected chi connectivity index (χ1v) is 13.1. The van der Waals surface area contributed by atoms with Crippen molar-refractivity contribution in [2.24, 2.45) is 11.8 Å². The molecule has 1 saturated carbocycles. The van der Waals surface area contributed by atoms with Gasteiger partial charge in [0.05, 0.1) is 34.2 Å². The molecule has 2 aromatic heterocycles. The summed E-state index contributed by atoms with van der Waals surface area (Å²) in [4.78, 5) is 47.4. The van der Waals surface area contributed by atoms with Crippen LogP contribution in [0.3, 0.4) is 0 Å². The van der Waals surface area contributed by atoms with E-state index in [0.717, 1.165) is 44.9 Å². The lowest BCUT2D eigenvalue weighted by atomic mass is 9.94. The Balaban J connectivity index is 1.42. The maximum Gasteiger partial charge on any atom is 0.255 e. The molecule has 2 saturated heterocycles. The maximum atomic E-state index is 13.8. The van der Waals surface area contributed by atoms with Crippen molar-refractivity contribution in [2.45, 2.75) is 32.9 Å². The highest BCUT2D eigenvalue weighted by Crippen LogP contribution is 2.48. The predicted octanol–water partition coefficient (Wildman–Crippen LogP) is 3.86. The maximum absolute atomic E-state index is 13.8. The van der Waals surface area contributed by atoms with Crippen LogP contribution >= 0.6 is 22.9 Å². The van der Waals surface area contributed by atoms with Crippen LogP contribution in [-0.4, -0.2) is 58.2 Å². The average molecular weight is 509 g/mol. The number of rotatable bonds is 4. The third-order valence-electron chi connectivity index (χ3n) is 7.30. The Bertz CT molecular complexity index is 1380. The number of thiophene rings is 1. The van der Waals surface area contributed by atoms with Crippen LogP contribution < -0.4 is 5.32 Å². The highest BCUT2D eigenvalue weighted by molar-refractivity contribution is 7.19. The number of nitrogens with one attached hydrogen (secondary N) is 1. The van der Waals surface area contributed by atoms with E-state index in [2.05, 4.69) is 17.2 Å². The summed E-state index contributed by atoms with van der Waals surface area (Å²) in [6.07, 6.45) is 2.43. The largest absolute Gasteiger partial charge is 0.333 e. The monoisotopic (exact) mass is 508 g/mol. The van der Waals surface area contributed by atoms with E-state index in [1.165, 1.54) is 16.2 Å². The quantitative estimate of drug-likeness (QED) is 0.541. The predicted molar refractivity (Wildman–Crippen MR) is 135 cm³/mol. The van der Waals surface area contributed by atoms with Gasteiger partial charge < -0.3 is 10.2 Å². The molecule has 0 spiro atoms. The Morgan fingerprint density at radius 1 is 1.20 bits per heavy atom. The zero-order chi connectivity index (χ0) is 24.4. The number of halogens is 1. The van der Waals surface area contributed by atoms with Crippen LogP contribution in [0.1, 0.15) is 34.1 Å². The van der Waals surface area contributed by atoms with E-state index < -0.39 is 0 Å². The summed E-state index contributed by atoms with van der Waals surface area (Å²) >= 11 is 7.99. The molecular weight excluding hydrogens is 484 g/mol. The first-order valence-electron chi connectivity index (χ1n) is 11.9. The van der Waals surface area contributed by atoms with Gasteiger partial charge in [-0.25, -0.2) is 0 Å². The van der Waals surface area contributed by atoms with E-state index in [4.69, 9.17) is 11.6 Å². The molecule has 3 unspecified atom stereocenters. The van der Waals surface area contributed by atoms with Crippen LogP contribution in [0.5, 0.6) is 0 Å². The van der Waals surface area contributed by atoms with E-state index >= 15 is 0 Å². The van der Waals surface area contributed by atoms with Crippen molar-refractivity contribution in [3.8, 4) is 11.1 Å². The van der Waals surface area contributed by atoms with Crippen molar-refractivity contribution < 1.29 is 14.4 Å². The molecule has 3 fully saturated rings. The third kappa shape index (κ3) is 3.75. The van der Waals surface area contributed by atoms with Crippen molar-refractivity contribution >= 4 is 50.9 Å². The summed E-state index contributed by atoms with van der Waals surface area (Å²) in [7, 11) is 0. The van der Waals surface area contributed by atoms with E-state index in [1.54, 1.807) is 6.20 Å². The van der Waals surface area contributed by atoms with Gasteiger partial charge in [0, 0.05) is 47.3 Å². The molecular formula is C26H25ClN4O3S. The van der Waals surface area contributed by atoms with Crippen LogP contribution in [0.25, 0.3) is 21.3 Å². The van der Waals surface area contributed by atoms with Crippen molar-refractivity contribution in [3.63, 3.8) is 0 Å². The number of amides is 3. The molecule has 7 nitrogen and oxygen atoms in total. The van der Waals surface area contributed by atoms with Crippen molar-refractivity contribution in [1.82, 2.24) is 20.1 Å². The number of fused-ring (bicyclic) bond motifs is 2. The molecule has 3 aliphatic rings. The van der Waals surface area contributed by atoms with Gasteiger partial charge in [-0.05, 0) is 55.7 Å². The number of hydrogen-bond donors (Lipinski definition) is 1. The first kappa shape index (κ1) is 22.6. The second kappa shape index (κ2) is 8.40. The highest BCUT2D eigenvalue weighted by atomic mass is 35.5. The molecule has 2 aliphatic heterocycles. The first-order chi connectivity index (χ1) is 16.8. The molecule has 3 aromatic rings. The summed E-state index contributed by atoms with van der Waals surface area (Å²) in [5.41, 5.74) is 3.91. The number of nitrogens with zero attached hydrogens (tertiary/aromatic N) is 3. The Hall–Kier alpha value is -2.81. The third-order valence-corrected chi connectivity index (χ3v) is 8.66. The van der Waals surface area contributed by atoms with Gasteiger partial charge in [0.2, 0.25) is 11.8 Å². The molecule has 3 atom stereocenters. The molecule has 0 bridgehead atoms. The van der Waals surface area contributed by atoms with Crippen molar-refractivity contribution in [2.75, 3.05) is 19.6 Å². The number of piperidine rings is 1. The lowest BCUT2D eigenvalue weighted by Crippen LogP contribution is -2.52. The Morgan fingerprint density at radius 3 is 2.71 bits per heavy atom. The van der Waals surface area contributed by atoms with Crippen LogP contribution in [-0.2, 0) is 16.1 Å². The molecule has 4 heterocycles. The molecule has 9 heteroatoms. The lowest BCUT2D eigenvalue weighted by molar-refractivity contribution is -0.141. The Labute approximate surface area is 212 Å². The van der Waals surface area contributed by atoms with Gasteiger partial charge in [-0.15, -0.1) is 11.3 Å². The molecule has 6 rings (SSSR count). The lowest BCUT2D eigenvalue weighted by Gasteiger charge is -2.35. The number of pyridine rings is 1. The summed E-state index contributed by atoms with van der Waals surface area (Å²) in [6.45, 7) is 6.42. The van der Waals surface area contributed by atoms with E-state index in [0.29, 0.717) is 23.6 Å². The van der Waals surface area contributed by atoms with Gasteiger partial charge in [-0.1, -0.05) is 11.6 Å². The van der Waals surface area contributed by atoms with Crippen LogP contribution in [0, 0.1) is 18.8 Å². The fourth-order valence-corrected chi connectivity index (χ4v) is 6.77. The summed E-state index contributed by atoms with van der Waals surface area (Å²) in [5, 5.41) is 3.90. The molecule has 1 N–H and O–H groups in total. The molecule has 3 amide bonds. The standard InChI is InChI=1S/C26H25ClN4O3S/c1-13-7-15(27)8-18(22(13)26(34)30-6-5-28-11-14(30)2)17-3-4-29-21-9-16(35-23(17)21)12-31-24(32)19-10-20(19)25(31)33/h3-4,7-9,14,19-20,28H,5-6,10-12H2,1-2H3. The number of carbonyl (C=O) groups is 3. The molecule has 1 aliphatic carbocycles. The number of aryl methyl sites for hydroxylation is 1. The summed E-state index contributed by atoms with van der Waals surface area (Å²) in [6, 6.07) is 7.62. The minimum Gasteiger partial charge on any atom is -0.333 e. The molecule has 1 aromatic carbocycles. The number of likely N-dealkylation sites (tertiary alicyclic amines) is 1. The second-order valence-corrected chi connectivity index (χ2v) is 11.3. The van der Waals surface area contributed by atoms with Crippen molar-refractivity contribution in [3.05, 3.63) is 51.5 Å². The second-order valence-electron chi connectivity index (χ2n) is 9.69. The Kier molecular flexibility index (Phi) is 5.43. The van der Waals surface area contributed by atoms with E-state index in [-0.39, 0.29) is 42.1 Å². The zero-order valence-electron chi connectivity index (χ0n) is 19.5. The number of benzene rings is 1. The number of aromatic nitrogens is 1. The van der Waals surface area contributed by atoms with E-state index in [9.17, 15) is 14.4 Å². The molecule has 180 valence electrons. The Morgan fingerprint density at radius 2 is 1.97 bits per heavy atom. The van der Waals surface area contributed by atoms with Crippen LogP contribution in [0.2, 0.25) is 5.02 Å². The number of hydrogen-bond acceptors (Lipinski definition) is 6. The number of piperazine rings is 1. The fraction of sp³-hybridized carbons (Fsp3) is 0.385. The minimum absolute atomic E-state index is 0.00241. The van der Waals surface area contributed by atoms with Gasteiger partial charge in [0.25, 0.3) is 5.91 Å². The van der Waals surface area contributed by atoms with Crippen molar-refractivity contribution in [1.29, 1.82) is 0 Å². The SMILES string of the molecule is Cc1cc(Cl)cc(-c2ccnc3cc(CN4C(=O)C5CC5C4=O)sc23)c1C(=O)N1CCNCC1C. The summed E-state index contributed by atoms with van der Waals surface area (Å²) in [5.74, 6) is -0.345. The zero-order valence-corrected chi connectivity index (χ0v) is 21.1. The van der Waals surface area contributed by atoms with Gasteiger partial charge in [-0.3, -0.25) is 24.3 Å². The molecule has 0 radical (unpaired) electrons. The topological polar surface area (TPSA) is 82.6 Å². The van der Waals surface area contributed by atoms with Gasteiger partial charge >= 0.3 is 0 Å². The van der Waals surface area contributed by atoms with Crippen LogP contribution in [0.4, 0.5) is 0 Å². The highest BCUT2D eigenvalue weighted by Gasteiger charge is 2.58. The average Bonchev–Trinajstić information content (AvgIpc) is 3.46. The fourth-order valence-electron chi connectivity index (χ4n) is 5.36. The summed E-state index contributed by atoms with van der Waals surface area (Å²) < 4.78 is 0.913. The number of imide groups is 1. The smallest absolute Gasteiger partial charge is 0.255 e. The number of carbonyl (C=O) groups excluding carboxylic acids is 3. The van der Waals surface area contributed by atoms with Crippen LogP contribution in [0.15, 0.2) is 30.5 Å².